The Bertz CT molecular complexity index is 536. The largest absolute Gasteiger partial charge is 0.481 e. The van der Waals surface area contributed by atoms with Crippen LogP contribution in [0, 0.1) is 17.0 Å². The standard InChI is InChI=1S/C14H18N2O4/c1-10-11(5-4-6-12(10)16(19)20)15-14(9-13(17)18)7-2-3-8-14/h4-6,15H,2-3,7-9H2,1H3,(H,17,18). The lowest BCUT2D eigenvalue weighted by Gasteiger charge is -2.30. The fourth-order valence-electron chi connectivity index (χ4n) is 2.93. The molecule has 0 saturated heterocycles. The maximum absolute atomic E-state index is 11.1. The van der Waals surface area contributed by atoms with Crippen molar-refractivity contribution < 1.29 is 14.8 Å². The molecule has 0 spiro atoms. The summed E-state index contributed by atoms with van der Waals surface area (Å²) in [6.07, 6.45) is 3.56. The SMILES string of the molecule is Cc1c(NC2(CC(=O)O)CCCC2)cccc1[N+](=O)[O-]. The molecule has 1 aliphatic carbocycles. The molecule has 6 heteroatoms. The van der Waals surface area contributed by atoms with E-state index in [1.54, 1.807) is 19.1 Å². The highest BCUT2D eigenvalue weighted by Crippen LogP contribution is 2.37. The number of carboxylic acids is 1. The zero-order valence-corrected chi connectivity index (χ0v) is 11.4. The van der Waals surface area contributed by atoms with Gasteiger partial charge in [-0.2, -0.15) is 0 Å². The van der Waals surface area contributed by atoms with Gasteiger partial charge in [-0.3, -0.25) is 14.9 Å². The van der Waals surface area contributed by atoms with Gasteiger partial charge in [-0.05, 0) is 25.8 Å². The Morgan fingerprint density at radius 3 is 2.65 bits per heavy atom. The summed E-state index contributed by atoms with van der Waals surface area (Å²) in [5.41, 5.74) is 0.779. The second kappa shape index (κ2) is 5.48. The summed E-state index contributed by atoms with van der Waals surface area (Å²) in [7, 11) is 0. The maximum atomic E-state index is 11.1. The molecular weight excluding hydrogens is 260 g/mol. The number of aliphatic carboxylic acids is 1. The molecule has 108 valence electrons. The van der Waals surface area contributed by atoms with Crippen molar-refractivity contribution in [3.05, 3.63) is 33.9 Å². The van der Waals surface area contributed by atoms with Crippen molar-refractivity contribution in [1.82, 2.24) is 0 Å². The van der Waals surface area contributed by atoms with E-state index in [1.165, 1.54) is 6.07 Å². The van der Waals surface area contributed by atoms with Crippen molar-refractivity contribution in [2.24, 2.45) is 0 Å². The Labute approximate surface area is 117 Å². The Balaban J connectivity index is 2.30. The van der Waals surface area contributed by atoms with E-state index in [4.69, 9.17) is 5.11 Å². The number of nitro groups is 1. The number of nitrogens with one attached hydrogen (secondary N) is 1. The lowest BCUT2D eigenvalue weighted by atomic mass is 9.92. The lowest BCUT2D eigenvalue weighted by Crippen LogP contribution is -2.37. The average Bonchev–Trinajstić information content (AvgIpc) is 2.79. The number of hydrogen-bond acceptors (Lipinski definition) is 4. The van der Waals surface area contributed by atoms with Crippen LogP contribution in [0.4, 0.5) is 11.4 Å². The second-order valence-electron chi connectivity index (χ2n) is 5.39. The van der Waals surface area contributed by atoms with Crippen molar-refractivity contribution in [2.75, 3.05) is 5.32 Å². The van der Waals surface area contributed by atoms with Crippen LogP contribution in [0.2, 0.25) is 0 Å². The highest BCUT2D eigenvalue weighted by atomic mass is 16.6. The van der Waals surface area contributed by atoms with Gasteiger partial charge in [0.15, 0.2) is 0 Å². The third kappa shape index (κ3) is 2.89. The second-order valence-corrected chi connectivity index (χ2v) is 5.39. The van der Waals surface area contributed by atoms with Crippen molar-refractivity contribution >= 4 is 17.3 Å². The number of hydrogen-bond donors (Lipinski definition) is 2. The smallest absolute Gasteiger partial charge is 0.305 e. The molecule has 0 radical (unpaired) electrons. The number of nitro benzene ring substituents is 1. The minimum Gasteiger partial charge on any atom is -0.481 e. The van der Waals surface area contributed by atoms with E-state index in [9.17, 15) is 14.9 Å². The van der Waals surface area contributed by atoms with Crippen LogP contribution in [-0.4, -0.2) is 21.5 Å². The Morgan fingerprint density at radius 1 is 1.45 bits per heavy atom. The number of nitrogens with zero attached hydrogens (tertiary/aromatic N) is 1. The first-order valence-electron chi connectivity index (χ1n) is 6.67. The van der Waals surface area contributed by atoms with Crippen LogP contribution in [0.3, 0.4) is 0 Å². The third-order valence-corrected chi connectivity index (χ3v) is 3.95. The van der Waals surface area contributed by atoms with E-state index < -0.39 is 16.4 Å². The first-order valence-corrected chi connectivity index (χ1v) is 6.67. The van der Waals surface area contributed by atoms with E-state index in [-0.39, 0.29) is 12.1 Å². The number of carbonyl (C=O) groups is 1. The minimum atomic E-state index is -0.845. The zero-order valence-electron chi connectivity index (χ0n) is 11.4. The first kappa shape index (κ1) is 14.3. The van der Waals surface area contributed by atoms with Gasteiger partial charge in [0.2, 0.25) is 0 Å². The normalized spacial score (nSPS) is 16.9. The third-order valence-electron chi connectivity index (χ3n) is 3.95. The monoisotopic (exact) mass is 278 g/mol. The van der Waals surface area contributed by atoms with Crippen molar-refractivity contribution in [3.63, 3.8) is 0 Å². The van der Waals surface area contributed by atoms with E-state index in [0.29, 0.717) is 11.3 Å². The summed E-state index contributed by atoms with van der Waals surface area (Å²) in [4.78, 5) is 21.6. The van der Waals surface area contributed by atoms with Gasteiger partial charge in [-0.1, -0.05) is 18.9 Å². The quantitative estimate of drug-likeness (QED) is 0.637. The summed E-state index contributed by atoms with van der Waals surface area (Å²) < 4.78 is 0. The molecule has 1 fully saturated rings. The Kier molecular flexibility index (Phi) is 3.92. The van der Waals surface area contributed by atoms with E-state index in [2.05, 4.69) is 5.32 Å². The van der Waals surface area contributed by atoms with Crippen molar-refractivity contribution in [1.29, 1.82) is 0 Å². The van der Waals surface area contributed by atoms with E-state index >= 15 is 0 Å². The molecule has 1 aromatic rings. The topological polar surface area (TPSA) is 92.5 Å². The molecule has 20 heavy (non-hydrogen) atoms. The van der Waals surface area contributed by atoms with Gasteiger partial charge < -0.3 is 10.4 Å². The van der Waals surface area contributed by atoms with E-state index in [0.717, 1.165) is 25.7 Å². The van der Waals surface area contributed by atoms with Gasteiger partial charge in [-0.25, -0.2) is 0 Å². The predicted molar refractivity (Wildman–Crippen MR) is 74.9 cm³/mol. The molecule has 1 aromatic carbocycles. The molecule has 0 bridgehead atoms. The summed E-state index contributed by atoms with van der Waals surface area (Å²) in [5, 5.41) is 23.3. The van der Waals surface area contributed by atoms with Crippen molar-refractivity contribution in [2.45, 2.75) is 44.6 Å². The highest BCUT2D eigenvalue weighted by Gasteiger charge is 2.36. The molecule has 0 aromatic heterocycles. The molecule has 0 heterocycles. The molecule has 0 unspecified atom stereocenters. The number of rotatable bonds is 5. The van der Waals surface area contributed by atoms with Crippen LogP contribution in [0.5, 0.6) is 0 Å². The molecule has 0 atom stereocenters. The summed E-state index contributed by atoms with van der Waals surface area (Å²) >= 11 is 0. The maximum Gasteiger partial charge on any atom is 0.305 e. The van der Waals surface area contributed by atoms with Crippen LogP contribution >= 0.6 is 0 Å². The van der Waals surface area contributed by atoms with Gasteiger partial charge >= 0.3 is 5.97 Å². The van der Waals surface area contributed by atoms with Crippen LogP contribution < -0.4 is 5.32 Å². The summed E-state index contributed by atoms with van der Waals surface area (Å²) in [6, 6.07) is 4.85. The van der Waals surface area contributed by atoms with Crippen LogP contribution in [0.25, 0.3) is 0 Å². The Morgan fingerprint density at radius 2 is 2.10 bits per heavy atom. The predicted octanol–water partition coefficient (Wildman–Crippen LogP) is 3.10. The zero-order chi connectivity index (χ0) is 14.8. The number of benzene rings is 1. The van der Waals surface area contributed by atoms with Crippen LogP contribution in [0.15, 0.2) is 18.2 Å². The molecule has 0 aliphatic heterocycles. The van der Waals surface area contributed by atoms with Crippen LogP contribution in [0.1, 0.15) is 37.7 Å². The number of carboxylic acid groups (broad SMARTS) is 1. The van der Waals surface area contributed by atoms with Gasteiger partial charge in [0, 0.05) is 22.9 Å². The van der Waals surface area contributed by atoms with E-state index in [1.807, 2.05) is 0 Å². The van der Waals surface area contributed by atoms with Crippen LogP contribution in [-0.2, 0) is 4.79 Å². The summed E-state index contributed by atoms with van der Waals surface area (Å²) in [5.74, 6) is -0.845. The molecule has 6 nitrogen and oxygen atoms in total. The number of anilines is 1. The minimum absolute atomic E-state index is 0.0368. The average molecular weight is 278 g/mol. The van der Waals surface area contributed by atoms with Gasteiger partial charge in [0.25, 0.3) is 5.69 Å². The molecule has 2 rings (SSSR count). The molecule has 2 N–H and O–H groups in total. The lowest BCUT2D eigenvalue weighted by molar-refractivity contribution is -0.385. The fourth-order valence-corrected chi connectivity index (χ4v) is 2.93. The van der Waals surface area contributed by atoms with Gasteiger partial charge in [-0.15, -0.1) is 0 Å². The molecular formula is C14H18N2O4. The fraction of sp³-hybridized carbons (Fsp3) is 0.500. The highest BCUT2D eigenvalue weighted by molar-refractivity contribution is 5.70. The Hall–Kier alpha value is -2.11. The van der Waals surface area contributed by atoms with Gasteiger partial charge in [0.05, 0.1) is 11.3 Å². The first-order chi connectivity index (χ1) is 9.43. The molecule has 1 aliphatic rings. The molecule has 1 saturated carbocycles. The van der Waals surface area contributed by atoms with Crippen molar-refractivity contribution in [3.8, 4) is 0 Å². The summed E-state index contributed by atoms with van der Waals surface area (Å²) in [6.45, 7) is 1.68. The van der Waals surface area contributed by atoms with Gasteiger partial charge in [0.1, 0.15) is 0 Å². The molecule has 0 amide bonds.